The topological polar surface area (TPSA) is 77.2 Å². The molecule has 1 aromatic carbocycles. The number of aryl methyl sites for hydroxylation is 2. The number of aromatic nitrogens is 2. The molecule has 0 radical (unpaired) electrons. The molecule has 0 bridgehead atoms. The van der Waals surface area contributed by atoms with Crippen molar-refractivity contribution in [1.82, 2.24) is 9.97 Å². The molecule has 0 aliphatic heterocycles. The van der Waals surface area contributed by atoms with Gasteiger partial charge in [-0.3, -0.25) is 4.79 Å². The van der Waals surface area contributed by atoms with Gasteiger partial charge < -0.3 is 14.5 Å². The number of nitrogens with zero attached hydrogens (tertiary/aromatic N) is 2. The quantitative estimate of drug-likeness (QED) is 0.709. The molecule has 0 aliphatic rings. The lowest BCUT2D eigenvalue weighted by atomic mass is 10.3. The summed E-state index contributed by atoms with van der Waals surface area (Å²) in [6.07, 6.45) is 4.55. The van der Waals surface area contributed by atoms with Crippen LogP contribution in [0.1, 0.15) is 17.1 Å². The lowest BCUT2D eigenvalue weighted by molar-refractivity contribution is -0.111. The molecular formula is C19H17N3O3. The number of nitrogens with one attached hydrogen (secondary N) is 1. The summed E-state index contributed by atoms with van der Waals surface area (Å²) in [5, 5.41) is 2.77. The first-order chi connectivity index (χ1) is 12.1. The molecule has 0 saturated carbocycles. The molecule has 1 amide bonds. The first-order valence-electron chi connectivity index (χ1n) is 7.71. The van der Waals surface area contributed by atoms with E-state index in [2.05, 4.69) is 15.3 Å². The minimum absolute atomic E-state index is 0.267. The van der Waals surface area contributed by atoms with E-state index in [1.807, 2.05) is 19.9 Å². The number of ether oxygens (including phenoxy) is 1. The molecule has 0 aliphatic carbocycles. The van der Waals surface area contributed by atoms with Gasteiger partial charge in [-0.2, -0.15) is 0 Å². The van der Waals surface area contributed by atoms with E-state index in [-0.39, 0.29) is 11.9 Å². The van der Waals surface area contributed by atoms with Gasteiger partial charge in [-0.05, 0) is 50.3 Å². The summed E-state index contributed by atoms with van der Waals surface area (Å²) in [6, 6.07) is 12.7. The summed E-state index contributed by atoms with van der Waals surface area (Å²) < 4.78 is 10.8. The van der Waals surface area contributed by atoms with Crippen molar-refractivity contribution in [3.8, 4) is 11.8 Å². The monoisotopic (exact) mass is 335 g/mol. The second-order valence-electron chi connectivity index (χ2n) is 5.40. The first-order valence-corrected chi connectivity index (χ1v) is 7.71. The van der Waals surface area contributed by atoms with Crippen LogP contribution in [0.4, 0.5) is 5.69 Å². The summed E-state index contributed by atoms with van der Waals surface area (Å²) in [6.45, 7) is 3.76. The maximum Gasteiger partial charge on any atom is 0.322 e. The number of carbonyl (C=O) groups is 1. The Hall–Kier alpha value is -3.41. The molecule has 25 heavy (non-hydrogen) atoms. The van der Waals surface area contributed by atoms with Crippen LogP contribution >= 0.6 is 0 Å². The van der Waals surface area contributed by atoms with E-state index in [1.165, 1.54) is 6.08 Å². The Bertz CT molecular complexity index is 882. The Labute approximate surface area is 145 Å². The van der Waals surface area contributed by atoms with Crippen LogP contribution in [-0.2, 0) is 4.79 Å². The Morgan fingerprint density at radius 2 is 1.92 bits per heavy atom. The summed E-state index contributed by atoms with van der Waals surface area (Å²) in [5.74, 6) is 0.883. The predicted octanol–water partition coefficient (Wildman–Crippen LogP) is 4.13. The van der Waals surface area contributed by atoms with Crippen molar-refractivity contribution < 1.29 is 13.9 Å². The van der Waals surface area contributed by atoms with Crippen LogP contribution in [0.25, 0.3) is 6.08 Å². The minimum atomic E-state index is -0.267. The van der Waals surface area contributed by atoms with Crippen LogP contribution in [-0.4, -0.2) is 15.9 Å². The van der Waals surface area contributed by atoms with Crippen LogP contribution < -0.4 is 10.1 Å². The SMILES string of the molecule is Cc1cc(C)nc(Oc2cccc(NC(=O)/C=C/c3ccco3)c2)n1. The van der Waals surface area contributed by atoms with Gasteiger partial charge in [0.25, 0.3) is 0 Å². The minimum Gasteiger partial charge on any atom is -0.465 e. The molecule has 0 atom stereocenters. The lowest BCUT2D eigenvalue weighted by Crippen LogP contribution is -2.07. The largest absolute Gasteiger partial charge is 0.465 e. The number of furan rings is 1. The zero-order valence-electron chi connectivity index (χ0n) is 13.9. The summed E-state index contributed by atoms with van der Waals surface area (Å²) in [5.41, 5.74) is 2.26. The molecule has 6 heteroatoms. The van der Waals surface area contributed by atoms with Crippen molar-refractivity contribution in [3.05, 3.63) is 72.0 Å². The van der Waals surface area contributed by atoms with Crippen LogP contribution in [0.2, 0.25) is 0 Å². The molecule has 0 saturated heterocycles. The second-order valence-corrected chi connectivity index (χ2v) is 5.40. The third-order valence-electron chi connectivity index (χ3n) is 3.21. The van der Waals surface area contributed by atoms with E-state index in [0.717, 1.165) is 11.4 Å². The zero-order chi connectivity index (χ0) is 17.6. The normalized spacial score (nSPS) is 10.8. The van der Waals surface area contributed by atoms with Crippen molar-refractivity contribution in [2.45, 2.75) is 13.8 Å². The van der Waals surface area contributed by atoms with Crippen LogP contribution in [0.5, 0.6) is 11.8 Å². The number of hydrogen-bond donors (Lipinski definition) is 1. The molecule has 3 rings (SSSR count). The van der Waals surface area contributed by atoms with Gasteiger partial charge in [-0.1, -0.05) is 6.07 Å². The maximum absolute atomic E-state index is 12.0. The highest BCUT2D eigenvalue weighted by Gasteiger charge is 2.05. The second kappa shape index (κ2) is 7.44. The third kappa shape index (κ3) is 4.78. The Balaban J connectivity index is 1.67. The standard InChI is InChI=1S/C19H17N3O3/c1-13-11-14(2)21-19(20-13)25-17-6-3-5-15(12-17)22-18(23)9-8-16-7-4-10-24-16/h3-12H,1-2H3,(H,22,23)/b9-8+. The molecule has 3 aromatic rings. The number of amides is 1. The summed E-state index contributed by atoms with van der Waals surface area (Å²) >= 11 is 0. The van der Waals surface area contributed by atoms with Gasteiger partial charge in [0.2, 0.25) is 5.91 Å². The molecule has 0 fully saturated rings. The van der Waals surface area contributed by atoms with Crippen molar-refractivity contribution in [3.63, 3.8) is 0 Å². The van der Waals surface area contributed by atoms with Crippen LogP contribution in [0, 0.1) is 13.8 Å². The molecule has 0 spiro atoms. The number of hydrogen-bond acceptors (Lipinski definition) is 5. The van der Waals surface area contributed by atoms with Gasteiger partial charge in [-0.15, -0.1) is 0 Å². The van der Waals surface area contributed by atoms with Crippen LogP contribution in [0.15, 0.2) is 59.2 Å². The van der Waals surface area contributed by atoms with Crippen molar-refractivity contribution in [2.24, 2.45) is 0 Å². The molecule has 0 unspecified atom stereocenters. The predicted molar refractivity (Wildman–Crippen MR) is 94.4 cm³/mol. The highest BCUT2D eigenvalue weighted by atomic mass is 16.5. The van der Waals surface area contributed by atoms with Crippen LogP contribution in [0.3, 0.4) is 0 Å². The van der Waals surface area contributed by atoms with Gasteiger partial charge in [0.05, 0.1) is 6.26 Å². The average molecular weight is 335 g/mol. The van der Waals surface area contributed by atoms with Gasteiger partial charge in [0.1, 0.15) is 11.5 Å². The molecule has 1 N–H and O–H groups in total. The van der Waals surface area contributed by atoms with E-state index >= 15 is 0 Å². The highest BCUT2D eigenvalue weighted by Crippen LogP contribution is 2.22. The number of carbonyl (C=O) groups excluding carboxylic acids is 1. The Morgan fingerprint density at radius 1 is 1.12 bits per heavy atom. The van der Waals surface area contributed by atoms with Gasteiger partial charge in [-0.25, -0.2) is 9.97 Å². The number of anilines is 1. The van der Waals surface area contributed by atoms with E-state index in [0.29, 0.717) is 17.2 Å². The van der Waals surface area contributed by atoms with E-state index < -0.39 is 0 Å². The number of rotatable bonds is 5. The summed E-state index contributed by atoms with van der Waals surface area (Å²) in [7, 11) is 0. The Kier molecular flexibility index (Phi) is 4.89. The summed E-state index contributed by atoms with van der Waals surface area (Å²) in [4.78, 5) is 20.4. The van der Waals surface area contributed by atoms with E-state index in [9.17, 15) is 4.79 Å². The molecular weight excluding hydrogens is 318 g/mol. The lowest BCUT2D eigenvalue weighted by Gasteiger charge is -2.07. The number of benzene rings is 1. The third-order valence-corrected chi connectivity index (χ3v) is 3.21. The molecule has 6 nitrogen and oxygen atoms in total. The first kappa shape index (κ1) is 16.4. The fourth-order valence-corrected chi connectivity index (χ4v) is 2.21. The fourth-order valence-electron chi connectivity index (χ4n) is 2.21. The maximum atomic E-state index is 12.0. The fraction of sp³-hybridized carbons (Fsp3) is 0.105. The van der Waals surface area contributed by atoms with Gasteiger partial charge in [0, 0.05) is 29.2 Å². The van der Waals surface area contributed by atoms with Crippen molar-refractivity contribution >= 4 is 17.7 Å². The Morgan fingerprint density at radius 3 is 2.64 bits per heavy atom. The van der Waals surface area contributed by atoms with Gasteiger partial charge in [0.15, 0.2) is 0 Å². The van der Waals surface area contributed by atoms with Crippen molar-refractivity contribution in [1.29, 1.82) is 0 Å². The average Bonchev–Trinajstić information content (AvgIpc) is 3.06. The van der Waals surface area contributed by atoms with E-state index in [4.69, 9.17) is 9.15 Å². The van der Waals surface area contributed by atoms with E-state index in [1.54, 1.807) is 48.7 Å². The molecule has 2 aromatic heterocycles. The molecule has 2 heterocycles. The molecule has 126 valence electrons. The smallest absolute Gasteiger partial charge is 0.322 e. The van der Waals surface area contributed by atoms with Gasteiger partial charge >= 0.3 is 6.01 Å². The van der Waals surface area contributed by atoms with Crippen molar-refractivity contribution in [2.75, 3.05) is 5.32 Å². The highest BCUT2D eigenvalue weighted by molar-refractivity contribution is 6.01. The zero-order valence-corrected chi connectivity index (χ0v) is 13.9.